The first-order valence-corrected chi connectivity index (χ1v) is 8.41. The smallest absolute Gasteiger partial charge is 0.286 e. The van der Waals surface area contributed by atoms with Crippen LogP contribution in [0.3, 0.4) is 0 Å². The van der Waals surface area contributed by atoms with Crippen molar-refractivity contribution in [3.8, 4) is 11.5 Å². The van der Waals surface area contributed by atoms with Crippen LogP contribution in [0.15, 0.2) is 42.5 Å². The zero-order chi connectivity index (χ0) is 19.4. The number of nitro groups is 1. The van der Waals surface area contributed by atoms with Gasteiger partial charge in [-0.3, -0.25) is 14.9 Å². The number of carbonyl (C=O) groups excluding carboxylic acids is 1. The van der Waals surface area contributed by atoms with Gasteiger partial charge in [0.2, 0.25) is 0 Å². The van der Waals surface area contributed by atoms with Gasteiger partial charge in [-0.1, -0.05) is 30.3 Å². The van der Waals surface area contributed by atoms with Gasteiger partial charge in [-0.05, 0) is 5.56 Å². The molecule has 0 spiro atoms. The van der Waals surface area contributed by atoms with E-state index >= 15 is 0 Å². The predicted molar refractivity (Wildman–Crippen MR) is 97.2 cm³/mol. The number of methoxy groups -OCH3 is 2. The lowest BCUT2D eigenvalue weighted by molar-refractivity contribution is -0.385. The van der Waals surface area contributed by atoms with Crippen molar-refractivity contribution in [2.45, 2.75) is 6.10 Å². The van der Waals surface area contributed by atoms with Crippen molar-refractivity contribution in [3.63, 3.8) is 0 Å². The molecule has 2 aromatic rings. The van der Waals surface area contributed by atoms with E-state index in [9.17, 15) is 14.9 Å². The number of rotatable bonds is 5. The Hall–Kier alpha value is -3.13. The normalized spacial score (nSPS) is 16.7. The van der Waals surface area contributed by atoms with Crippen LogP contribution in [0.2, 0.25) is 0 Å². The van der Waals surface area contributed by atoms with E-state index in [1.54, 1.807) is 4.90 Å². The van der Waals surface area contributed by atoms with Crippen LogP contribution in [0.25, 0.3) is 0 Å². The minimum absolute atomic E-state index is 0.0358. The summed E-state index contributed by atoms with van der Waals surface area (Å²) in [5, 5.41) is 11.5. The number of morpholine rings is 1. The molecule has 0 unspecified atom stereocenters. The van der Waals surface area contributed by atoms with Gasteiger partial charge in [0.25, 0.3) is 11.6 Å². The molecule has 1 amide bonds. The summed E-state index contributed by atoms with van der Waals surface area (Å²) in [7, 11) is 2.80. The first kappa shape index (κ1) is 18.7. The monoisotopic (exact) mass is 372 g/mol. The summed E-state index contributed by atoms with van der Waals surface area (Å²) in [6, 6.07) is 12.1. The molecule has 0 aromatic heterocycles. The summed E-state index contributed by atoms with van der Waals surface area (Å²) in [6.07, 6.45) is -0.275. The number of nitrogens with zero attached hydrogens (tertiary/aromatic N) is 2. The molecule has 0 radical (unpaired) electrons. The lowest BCUT2D eigenvalue weighted by Crippen LogP contribution is -2.42. The van der Waals surface area contributed by atoms with Crippen molar-refractivity contribution in [2.24, 2.45) is 0 Å². The summed E-state index contributed by atoms with van der Waals surface area (Å²) in [5.41, 5.74) is 0.601. The summed E-state index contributed by atoms with van der Waals surface area (Å²) < 4.78 is 16.1. The van der Waals surface area contributed by atoms with Crippen LogP contribution in [0.5, 0.6) is 11.5 Å². The molecule has 8 heteroatoms. The molecular weight excluding hydrogens is 352 g/mol. The van der Waals surface area contributed by atoms with Crippen LogP contribution < -0.4 is 9.47 Å². The minimum Gasteiger partial charge on any atom is -0.493 e. The molecule has 142 valence electrons. The van der Waals surface area contributed by atoms with Gasteiger partial charge in [0.15, 0.2) is 11.5 Å². The van der Waals surface area contributed by atoms with E-state index in [4.69, 9.17) is 14.2 Å². The van der Waals surface area contributed by atoms with Crippen LogP contribution in [0, 0.1) is 10.1 Å². The molecule has 0 saturated carbocycles. The molecule has 1 fully saturated rings. The van der Waals surface area contributed by atoms with Crippen LogP contribution in [0.1, 0.15) is 22.0 Å². The topological polar surface area (TPSA) is 91.1 Å². The van der Waals surface area contributed by atoms with Gasteiger partial charge in [0.1, 0.15) is 11.7 Å². The number of hydrogen-bond donors (Lipinski definition) is 0. The number of hydrogen-bond acceptors (Lipinski definition) is 6. The zero-order valence-electron chi connectivity index (χ0n) is 15.1. The maximum absolute atomic E-state index is 13.0. The van der Waals surface area contributed by atoms with E-state index in [0.717, 1.165) is 5.56 Å². The molecule has 0 N–H and O–H groups in total. The maximum Gasteiger partial charge on any atom is 0.286 e. The average molecular weight is 372 g/mol. The van der Waals surface area contributed by atoms with Crippen molar-refractivity contribution in [2.75, 3.05) is 33.9 Å². The van der Waals surface area contributed by atoms with E-state index in [0.29, 0.717) is 19.7 Å². The number of amides is 1. The highest BCUT2D eigenvalue weighted by atomic mass is 16.6. The fourth-order valence-electron chi connectivity index (χ4n) is 3.06. The quantitative estimate of drug-likeness (QED) is 0.592. The van der Waals surface area contributed by atoms with E-state index in [1.807, 2.05) is 30.3 Å². The molecule has 8 nitrogen and oxygen atoms in total. The molecule has 1 heterocycles. The fourth-order valence-corrected chi connectivity index (χ4v) is 3.06. The highest BCUT2D eigenvalue weighted by molar-refractivity contribution is 5.99. The number of benzene rings is 2. The van der Waals surface area contributed by atoms with Gasteiger partial charge in [-0.25, -0.2) is 0 Å². The number of carbonyl (C=O) groups is 1. The van der Waals surface area contributed by atoms with Crippen molar-refractivity contribution >= 4 is 11.6 Å². The molecule has 0 aliphatic carbocycles. The first-order valence-electron chi connectivity index (χ1n) is 8.41. The summed E-state index contributed by atoms with van der Waals surface area (Å²) in [4.78, 5) is 25.5. The summed E-state index contributed by atoms with van der Waals surface area (Å²) >= 11 is 0. The SMILES string of the molecule is COc1cc(C(=O)N2CCO[C@@H](c3ccccc3)C2)c([N+](=O)[O-])cc1OC. The molecular formula is C19H20N2O6. The second kappa shape index (κ2) is 8.05. The maximum atomic E-state index is 13.0. The molecule has 1 saturated heterocycles. The van der Waals surface area contributed by atoms with Crippen molar-refractivity contribution in [1.29, 1.82) is 0 Å². The Morgan fingerprint density at radius 1 is 1.19 bits per heavy atom. The van der Waals surface area contributed by atoms with Gasteiger partial charge >= 0.3 is 0 Å². The number of nitro benzene ring substituents is 1. The third kappa shape index (κ3) is 3.85. The Morgan fingerprint density at radius 3 is 2.48 bits per heavy atom. The minimum atomic E-state index is -0.593. The van der Waals surface area contributed by atoms with E-state index in [1.165, 1.54) is 26.4 Å². The molecule has 0 bridgehead atoms. The average Bonchev–Trinajstić information content (AvgIpc) is 2.72. The number of ether oxygens (including phenoxy) is 3. The Labute approximate surface area is 156 Å². The third-order valence-corrected chi connectivity index (χ3v) is 4.45. The predicted octanol–water partition coefficient (Wildman–Crippen LogP) is 2.83. The molecule has 27 heavy (non-hydrogen) atoms. The van der Waals surface area contributed by atoms with Gasteiger partial charge in [-0.2, -0.15) is 0 Å². The second-order valence-corrected chi connectivity index (χ2v) is 6.00. The van der Waals surface area contributed by atoms with Crippen LogP contribution in [-0.2, 0) is 4.74 Å². The van der Waals surface area contributed by atoms with Crippen LogP contribution in [0.4, 0.5) is 5.69 Å². The van der Waals surface area contributed by atoms with E-state index in [2.05, 4.69) is 0 Å². The van der Waals surface area contributed by atoms with E-state index < -0.39 is 10.8 Å². The Bertz CT molecular complexity index is 840. The molecule has 1 aliphatic heterocycles. The zero-order valence-corrected chi connectivity index (χ0v) is 15.1. The van der Waals surface area contributed by atoms with Crippen molar-refractivity contribution in [1.82, 2.24) is 4.90 Å². The van der Waals surface area contributed by atoms with Gasteiger partial charge in [-0.15, -0.1) is 0 Å². The van der Waals surface area contributed by atoms with E-state index in [-0.39, 0.29) is 28.9 Å². The van der Waals surface area contributed by atoms with Gasteiger partial charge in [0.05, 0.1) is 38.4 Å². The largest absolute Gasteiger partial charge is 0.493 e. The lowest BCUT2D eigenvalue weighted by Gasteiger charge is -2.33. The lowest BCUT2D eigenvalue weighted by atomic mass is 10.1. The van der Waals surface area contributed by atoms with Gasteiger partial charge < -0.3 is 19.1 Å². The summed E-state index contributed by atoms with van der Waals surface area (Å²) in [6.45, 7) is 1.02. The van der Waals surface area contributed by atoms with Crippen molar-refractivity contribution in [3.05, 3.63) is 63.7 Å². The Kier molecular flexibility index (Phi) is 5.56. The molecule has 2 aromatic carbocycles. The standard InChI is InChI=1S/C19H20N2O6/c1-25-16-10-14(15(21(23)24)11-17(16)26-2)19(22)20-8-9-27-18(12-20)13-6-4-3-5-7-13/h3-7,10-11,18H,8-9,12H2,1-2H3/t18-/m1/s1. The molecule has 1 aliphatic rings. The molecule has 3 rings (SSSR count). The Balaban J connectivity index is 1.91. The Morgan fingerprint density at radius 2 is 1.85 bits per heavy atom. The third-order valence-electron chi connectivity index (χ3n) is 4.45. The van der Waals surface area contributed by atoms with Crippen LogP contribution in [-0.4, -0.2) is 49.6 Å². The van der Waals surface area contributed by atoms with Crippen LogP contribution >= 0.6 is 0 Å². The first-order chi connectivity index (χ1) is 13.0. The highest BCUT2D eigenvalue weighted by Gasteiger charge is 2.31. The second-order valence-electron chi connectivity index (χ2n) is 6.00. The summed E-state index contributed by atoms with van der Waals surface area (Å²) in [5.74, 6) is 0.0242. The fraction of sp³-hybridized carbons (Fsp3) is 0.316. The molecule has 1 atom stereocenters. The van der Waals surface area contributed by atoms with Gasteiger partial charge in [0, 0.05) is 12.6 Å². The van der Waals surface area contributed by atoms with Crippen molar-refractivity contribution < 1.29 is 23.9 Å². The highest BCUT2D eigenvalue weighted by Crippen LogP contribution is 2.35.